The molecule has 1 amide bonds. The predicted molar refractivity (Wildman–Crippen MR) is 79.6 cm³/mol. The van der Waals surface area contributed by atoms with Crippen molar-refractivity contribution in [1.29, 1.82) is 0 Å². The van der Waals surface area contributed by atoms with E-state index in [-0.39, 0.29) is 5.91 Å². The summed E-state index contributed by atoms with van der Waals surface area (Å²) < 4.78 is 0. The van der Waals surface area contributed by atoms with Crippen LogP contribution in [-0.2, 0) is 17.6 Å². The normalized spacial score (nSPS) is 10.8. The molecule has 0 aliphatic heterocycles. The zero-order chi connectivity index (χ0) is 13.5. The zero-order valence-corrected chi connectivity index (χ0v) is 11.6. The number of nitrogens with zero attached hydrogens (tertiary/aromatic N) is 1. The van der Waals surface area contributed by atoms with Crippen molar-refractivity contribution in [1.82, 2.24) is 5.43 Å². The average Bonchev–Trinajstić information content (AvgIpc) is 2.93. The van der Waals surface area contributed by atoms with E-state index in [2.05, 4.69) is 29.6 Å². The van der Waals surface area contributed by atoms with E-state index in [9.17, 15) is 4.79 Å². The van der Waals surface area contributed by atoms with Crippen molar-refractivity contribution in [3.63, 3.8) is 0 Å². The Labute approximate surface area is 117 Å². The first-order valence-corrected chi connectivity index (χ1v) is 7.09. The molecule has 0 atom stereocenters. The summed E-state index contributed by atoms with van der Waals surface area (Å²) in [4.78, 5) is 12.7. The Hall–Kier alpha value is -1.94. The number of hydrazone groups is 1. The van der Waals surface area contributed by atoms with Crippen molar-refractivity contribution in [2.75, 3.05) is 0 Å². The highest BCUT2D eigenvalue weighted by Crippen LogP contribution is 2.06. The molecule has 1 aromatic heterocycles. The van der Waals surface area contributed by atoms with Crippen LogP contribution in [0.1, 0.15) is 22.9 Å². The van der Waals surface area contributed by atoms with Crippen molar-refractivity contribution in [2.45, 2.75) is 19.8 Å². The molecule has 3 nitrogen and oxygen atoms in total. The van der Waals surface area contributed by atoms with Gasteiger partial charge < -0.3 is 0 Å². The number of nitrogens with one attached hydrogen (secondary N) is 1. The van der Waals surface area contributed by atoms with Crippen LogP contribution in [0.25, 0.3) is 0 Å². The van der Waals surface area contributed by atoms with Crippen molar-refractivity contribution in [3.05, 3.63) is 57.8 Å². The van der Waals surface area contributed by atoms with Gasteiger partial charge in [0.25, 0.3) is 0 Å². The lowest BCUT2D eigenvalue weighted by atomic mass is 10.1. The molecule has 1 aromatic carbocycles. The van der Waals surface area contributed by atoms with Gasteiger partial charge in [-0.2, -0.15) is 5.10 Å². The lowest BCUT2D eigenvalue weighted by molar-refractivity contribution is -0.120. The first kappa shape index (κ1) is 13.5. The fraction of sp³-hybridized carbons (Fsp3) is 0.200. The molecular formula is C15H16N2OS. The zero-order valence-electron chi connectivity index (χ0n) is 10.8. The molecule has 0 saturated heterocycles. The van der Waals surface area contributed by atoms with E-state index >= 15 is 0 Å². The lowest BCUT2D eigenvalue weighted by Gasteiger charge is -2.01. The molecular weight excluding hydrogens is 256 g/mol. The number of amides is 1. The number of carbonyl (C=O) groups excluding carboxylic acids is 1. The highest BCUT2D eigenvalue weighted by atomic mass is 32.1. The van der Waals surface area contributed by atoms with Crippen LogP contribution < -0.4 is 5.43 Å². The van der Waals surface area contributed by atoms with Crippen LogP contribution >= 0.6 is 11.3 Å². The monoisotopic (exact) mass is 272 g/mol. The summed E-state index contributed by atoms with van der Waals surface area (Å²) in [7, 11) is 0. The highest BCUT2D eigenvalue weighted by Gasteiger charge is 2.01. The molecule has 0 radical (unpaired) electrons. The van der Waals surface area contributed by atoms with Crippen molar-refractivity contribution >= 4 is 23.5 Å². The minimum atomic E-state index is -0.0999. The molecule has 0 unspecified atom stereocenters. The molecule has 4 heteroatoms. The standard InChI is InChI=1S/C15H16N2OS/c1-2-12-5-7-13(8-6-12)10-15(18)17-16-11-14-4-3-9-19-14/h3-9,11H,2,10H2,1H3,(H,17,18)/b16-11-. The molecule has 0 spiro atoms. The van der Waals surface area contributed by atoms with Gasteiger partial charge in [-0.3, -0.25) is 4.79 Å². The first-order valence-electron chi connectivity index (χ1n) is 6.21. The first-order chi connectivity index (χ1) is 9.28. The van der Waals surface area contributed by atoms with Crippen LogP contribution in [-0.4, -0.2) is 12.1 Å². The summed E-state index contributed by atoms with van der Waals surface area (Å²) in [5, 5.41) is 5.90. The van der Waals surface area contributed by atoms with E-state index in [1.807, 2.05) is 29.6 Å². The van der Waals surface area contributed by atoms with Crippen molar-refractivity contribution in [3.8, 4) is 0 Å². The average molecular weight is 272 g/mol. The van der Waals surface area contributed by atoms with Gasteiger partial charge >= 0.3 is 0 Å². The fourth-order valence-electron chi connectivity index (χ4n) is 1.65. The van der Waals surface area contributed by atoms with Crippen molar-refractivity contribution in [2.24, 2.45) is 5.10 Å². The third kappa shape index (κ3) is 4.34. The smallest absolute Gasteiger partial charge is 0.244 e. The molecule has 98 valence electrons. The Kier molecular flexibility index (Phi) is 4.86. The second kappa shape index (κ2) is 6.85. The van der Waals surface area contributed by atoms with E-state index in [1.165, 1.54) is 5.56 Å². The quantitative estimate of drug-likeness (QED) is 0.660. The minimum absolute atomic E-state index is 0.0999. The molecule has 1 heterocycles. The van der Waals surface area contributed by atoms with Gasteiger partial charge in [0.1, 0.15) is 0 Å². The Balaban J connectivity index is 1.83. The number of hydrogen-bond donors (Lipinski definition) is 1. The van der Waals surface area contributed by atoms with E-state index in [1.54, 1.807) is 17.6 Å². The number of thiophene rings is 1. The summed E-state index contributed by atoms with van der Waals surface area (Å²) in [5.74, 6) is -0.0999. The summed E-state index contributed by atoms with van der Waals surface area (Å²) >= 11 is 1.58. The third-order valence-electron chi connectivity index (χ3n) is 2.72. The summed E-state index contributed by atoms with van der Waals surface area (Å²) in [5.41, 5.74) is 4.81. The fourth-order valence-corrected chi connectivity index (χ4v) is 2.24. The maximum atomic E-state index is 11.7. The van der Waals surface area contributed by atoms with Gasteiger partial charge in [0, 0.05) is 4.88 Å². The van der Waals surface area contributed by atoms with E-state index < -0.39 is 0 Å². The maximum absolute atomic E-state index is 11.7. The van der Waals surface area contributed by atoms with E-state index in [0.717, 1.165) is 16.9 Å². The maximum Gasteiger partial charge on any atom is 0.244 e. The highest BCUT2D eigenvalue weighted by molar-refractivity contribution is 7.11. The molecule has 0 fully saturated rings. The molecule has 1 N–H and O–H groups in total. The summed E-state index contributed by atoms with van der Waals surface area (Å²) in [6.07, 6.45) is 3.02. The second-order valence-corrected chi connectivity index (χ2v) is 5.13. The Morgan fingerprint density at radius 1 is 1.26 bits per heavy atom. The molecule has 2 rings (SSSR count). The van der Waals surface area contributed by atoms with Gasteiger partial charge in [0.2, 0.25) is 5.91 Å². The Morgan fingerprint density at radius 2 is 2.00 bits per heavy atom. The number of benzene rings is 1. The van der Waals surface area contributed by atoms with Gasteiger partial charge in [-0.15, -0.1) is 11.3 Å². The largest absolute Gasteiger partial charge is 0.273 e. The van der Waals surface area contributed by atoms with Gasteiger partial charge in [-0.05, 0) is 29.0 Å². The van der Waals surface area contributed by atoms with E-state index in [0.29, 0.717) is 6.42 Å². The van der Waals surface area contributed by atoms with Gasteiger partial charge in [-0.1, -0.05) is 37.3 Å². The second-order valence-electron chi connectivity index (χ2n) is 4.16. The number of rotatable bonds is 5. The molecule has 0 saturated carbocycles. The minimum Gasteiger partial charge on any atom is -0.273 e. The van der Waals surface area contributed by atoms with E-state index in [4.69, 9.17) is 0 Å². The number of carbonyl (C=O) groups is 1. The van der Waals surface area contributed by atoms with Gasteiger partial charge in [0.05, 0.1) is 12.6 Å². The third-order valence-corrected chi connectivity index (χ3v) is 3.53. The van der Waals surface area contributed by atoms with Gasteiger partial charge in [-0.25, -0.2) is 5.43 Å². The van der Waals surface area contributed by atoms with Crippen LogP contribution in [0.4, 0.5) is 0 Å². The van der Waals surface area contributed by atoms with Crippen LogP contribution in [0.5, 0.6) is 0 Å². The lowest BCUT2D eigenvalue weighted by Crippen LogP contribution is -2.19. The SMILES string of the molecule is CCc1ccc(CC(=O)N/N=C\c2cccs2)cc1. The molecule has 2 aromatic rings. The molecule has 0 bridgehead atoms. The Morgan fingerprint density at radius 3 is 2.63 bits per heavy atom. The number of aryl methyl sites for hydroxylation is 1. The van der Waals surface area contributed by atoms with Gasteiger partial charge in [0.15, 0.2) is 0 Å². The summed E-state index contributed by atoms with van der Waals surface area (Å²) in [6, 6.07) is 12.0. The molecule has 0 aliphatic rings. The predicted octanol–water partition coefficient (Wildman–Crippen LogP) is 3.00. The topological polar surface area (TPSA) is 41.5 Å². The summed E-state index contributed by atoms with van der Waals surface area (Å²) in [6.45, 7) is 2.11. The van der Waals surface area contributed by atoms with Crippen LogP contribution in [0.3, 0.4) is 0 Å². The van der Waals surface area contributed by atoms with Crippen LogP contribution in [0.2, 0.25) is 0 Å². The molecule has 19 heavy (non-hydrogen) atoms. The molecule has 0 aliphatic carbocycles. The van der Waals surface area contributed by atoms with Crippen LogP contribution in [0.15, 0.2) is 46.9 Å². The van der Waals surface area contributed by atoms with Crippen LogP contribution in [0, 0.1) is 0 Å². The Bertz CT molecular complexity index is 544. The van der Waals surface area contributed by atoms with Crippen molar-refractivity contribution < 1.29 is 4.79 Å². The number of hydrogen-bond acceptors (Lipinski definition) is 3.